The zero-order chi connectivity index (χ0) is 10.8. The van der Waals surface area contributed by atoms with Crippen molar-refractivity contribution < 1.29 is 5.11 Å². The van der Waals surface area contributed by atoms with Crippen LogP contribution in [-0.4, -0.2) is 41.8 Å². The van der Waals surface area contributed by atoms with Gasteiger partial charge in [0.2, 0.25) is 0 Å². The first kappa shape index (κ1) is 11.4. The van der Waals surface area contributed by atoms with E-state index in [-0.39, 0.29) is 6.10 Å². The second-order valence-corrected chi connectivity index (χ2v) is 5.30. The van der Waals surface area contributed by atoms with Gasteiger partial charge < -0.3 is 15.7 Å². The molecule has 4 unspecified atom stereocenters. The molecule has 15 heavy (non-hydrogen) atoms. The average Bonchev–Trinajstić information content (AvgIpc) is 2.62. The first-order valence-corrected chi connectivity index (χ1v) is 6.36. The fourth-order valence-electron chi connectivity index (χ4n) is 3.19. The Kier molecular flexibility index (Phi) is 3.65. The van der Waals surface area contributed by atoms with Gasteiger partial charge >= 0.3 is 0 Å². The lowest BCUT2D eigenvalue weighted by Gasteiger charge is -2.29. The molecule has 2 rings (SSSR count). The van der Waals surface area contributed by atoms with Gasteiger partial charge in [-0.1, -0.05) is 13.3 Å². The molecule has 0 bridgehead atoms. The summed E-state index contributed by atoms with van der Waals surface area (Å²) in [6.07, 6.45) is 4.55. The molecule has 1 aliphatic heterocycles. The summed E-state index contributed by atoms with van der Waals surface area (Å²) < 4.78 is 0. The molecule has 0 radical (unpaired) electrons. The van der Waals surface area contributed by atoms with E-state index in [1.165, 1.54) is 19.3 Å². The van der Waals surface area contributed by atoms with Crippen LogP contribution in [0.4, 0.5) is 0 Å². The molecule has 1 saturated carbocycles. The highest BCUT2D eigenvalue weighted by Crippen LogP contribution is 2.35. The van der Waals surface area contributed by atoms with Crippen molar-refractivity contribution in [3.8, 4) is 0 Å². The van der Waals surface area contributed by atoms with Crippen LogP contribution in [0.3, 0.4) is 0 Å². The van der Waals surface area contributed by atoms with E-state index in [1.54, 1.807) is 0 Å². The lowest BCUT2D eigenvalue weighted by Crippen LogP contribution is -2.38. The number of aliphatic hydroxyl groups excluding tert-OH is 1. The fraction of sp³-hybridized carbons (Fsp3) is 1.00. The molecule has 1 heterocycles. The van der Waals surface area contributed by atoms with Crippen LogP contribution in [0.25, 0.3) is 0 Å². The van der Waals surface area contributed by atoms with E-state index in [4.69, 9.17) is 5.73 Å². The number of nitrogens with two attached hydrogens (primary N) is 1. The van der Waals surface area contributed by atoms with Crippen LogP contribution in [0.2, 0.25) is 0 Å². The van der Waals surface area contributed by atoms with Gasteiger partial charge in [0, 0.05) is 25.7 Å². The van der Waals surface area contributed by atoms with Crippen molar-refractivity contribution in [1.29, 1.82) is 0 Å². The third-order valence-corrected chi connectivity index (χ3v) is 4.17. The number of hydrogen-bond donors (Lipinski definition) is 2. The van der Waals surface area contributed by atoms with Crippen LogP contribution in [0.1, 0.15) is 32.6 Å². The molecule has 2 fully saturated rings. The Morgan fingerprint density at radius 2 is 2.20 bits per heavy atom. The van der Waals surface area contributed by atoms with E-state index in [9.17, 15) is 5.11 Å². The minimum absolute atomic E-state index is 0.152. The lowest BCUT2D eigenvalue weighted by molar-refractivity contribution is 0.118. The molecule has 3 nitrogen and oxygen atoms in total. The Morgan fingerprint density at radius 3 is 2.87 bits per heavy atom. The van der Waals surface area contributed by atoms with E-state index in [2.05, 4.69) is 4.90 Å². The molecule has 0 aromatic heterocycles. The summed E-state index contributed by atoms with van der Waals surface area (Å²) in [5.74, 6) is 1.50. The molecule has 3 N–H and O–H groups in total. The third kappa shape index (κ3) is 2.52. The van der Waals surface area contributed by atoms with Crippen molar-refractivity contribution in [2.75, 3.05) is 19.6 Å². The molecule has 1 saturated heterocycles. The predicted octanol–water partition coefficient (Wildman–Crippen LogP) is 0.817. The normalized spacial score (nSPS) is 39.0. The topological polar surface area (TPSA) is 49.5 Å². The highest BCUT2D eigenvalue weighted by atomic mass is 16.3. The van der Waals surface area contributed by atoms with Crippen molar-refractivity contribution >= 4 is 0 Å². The minimum Gasteiger partial charge on any atom is -0.392 e. The molecule has 0 aromatic carbocycles. The Morgan fingerprint density at radius 1 is 1.40 bits per heavy atom. The molecular formula is C12H24N2O. The quantitative estimate of drug-likeness (QED) is 0.728. The summed E-state index contributed by atoms with van der Waals surface area (Å²) >= 11 is 0. The van der Waals surface area contributed by atoms with Crippen LogP contribution in [-0.2, 0) is 0 Å². The highest BCUT2D eigenvalue weighted by Gasteiger charge is 2.38. The molecule has 0 amide bonds. The Hall–Kier alpha value is -0.120. The maximum atomic E-state index is 9.64. The van der Waals surface area contributed by atoms with Crippen LogP contribution in [0.5, 0.6) is 0 Å². The summed E-state index contributed by atoms with van der Waals surface area (Å²) in [7, 11) is 0. The Labute approximate surface area is 92.6 Å². The van der Waals surface area contributed by atoms with Gasteiger partial charge in [0.1, 0.15) is 0 Å². The number of rotatable bonds is 3. The zero-order valence-electron chi connectivity index (χ0n) is 9.73. The molecular weight excluding hydrogens is 188 g/mol. The Balaban J connectivity index is 1.87. The first-order chi connectivity index (χ1) is 7.20. The lowest BCUT2D eigenvalue weighted by atomic mass is 9.78. The second kappa shape index (κ2) is 4.81. The second-order valence-electron chi connectivity index (χ2n) is 5.30. The van der Waals surface area contributed by atoms with Gasteiger partial charge in [0.15, 0.2) is 0 Å². The standard InChI is InChI=1S/C12H24N2O/c1-2-10(15)7-14-6-9-4-3-5-12(13)11(9)8-14/h9-12,15H,2-8,13H2,1H3. The third-order valence-electron chi connectivity index (χ3n) is 4.17. The van der Waals surface area contributed by atoms with Gasteiger partial charge in [-0.2, -0.15) is 0 Å². The molecule has 88 valence electrons. The van der Waals surface area contributed by atoms with Crippen molar-refractivity contribution in [3.05, 3.63) is 0 Å². The van der Waals surface area contributed by atoms with Crippen LogP contribution >= 0.6 is 0 Å². The number of fused-ring (bicyclic) bond motifs is 1. The van der Waals surface area contributed by atoms with Gasteiger partial charge in [-0.3, -0.25) is 0 Å². The monoisotopic (exact) mass is 212 g/mol. The fourth-order valence-corrected chi connectivity index (χ4v) is 3.19. The van der Waals surface area contributed by atoms with Crippen molar-refractivity contribution in [1.82, 2.24) is 4.90 Å². The van der Waals surface area contributed by atoms with E-state index in [0.717, 1.165) is 32.0 Å². The average molecular weight is 212 g/mol. The molecule has 0 spiro atoms. The van der Waals surface area contributed by atoms with Crippen molar-refractivity contribution in [2.45, 2.75) is 44.8 Å². The maximum Gasteiger partial charge on any atom is 0.0664 e. The van der Waals surface area contributed by atoms with Crippen molar-refractivity contribution in [2.24, 2.45) is 17.6 Å². The summed E-state index contributed by atoms with van der Waals surface area (Å²) in [6, 6.07) is 0.410. The number of hydrogen-bond acceptors (Lipinski definition) is 3. The smallest absolute Gasteiger partial charge is 0.0664 e. The first-order valence-electron chi connectivity index (χ1n) is 6.36. The number of likely N-dealkylation sites (tertiary alicyclic amines) is 1. The number of β-amino-alcohol motifs (C(OH)–C–C–N with tert-alkyl or cyclic N) is 1. The SMILES string of the molecule is CCC(O)CN1CC2CCCC(N)C2C1. The predicted molar refractivity (Wildman–Crippen MR) is 61.5 cm³/mol. The highest BCUT2D eigenvalue weighted by molar-refractivity contribution is 4.93. The van der Waals surface area contributed by atoms with Gasteiger partial charge in [-0.15, -0.1) is 0 Å². The molecule has 3 heteroatoms. The maximum absolute atomic E-state index is 9.64. The van der Waals surface area contributed by atoms with E-state index < -0.39 is 0 Å². The van der Waals surface area contributed by atoms with E-state index in [1.807, 2.05) is 6.92 Å². The minimum atomic E-state index is -0.152. The summed E-state index contributed by atoms with van der Waals surface area (Å²) in [5, 5.41) is 9.64. The molecule has 2 aliphatic rings. The van der Waals surface area contributed by atoms with Crippen LogP contribution in [0, 0.1) is 11.8 Å². The van der Waals surface area contributed by atoms with Crippen LogP contribution < -0.4 is 5.73 Å². The summed E-state index contributed by atoms with van der Waals surface area (Å²) in [5.41, 5.74) is 6.16. The zero-order valence-corrected chi connectivity index (χ0v) is 9.73. The van der Waals surface area contributed by atoms with Crippen LogP contribution in [0.15, 0.2) is 0 Å². The summed E-state index contributed by atoms with van der Waals surface area (Å²) in [6.45, 7) is 5.16. The van der Waals surface area contributed by atoms with Gasteiger partial charge in [0.25, 0.3) is 0 Å². The Bertz CT molecular complexity index is 210. The van der Waals surface area contributed by atoms with Crippen molar-refractivity contribution in [3.63, 3.8) is 0 Å². The largest absolute Gasteiger partial charge is 0.392 e. The molecule has 1 aliphatic carbocycles. The van der Waals surface area contributed by atoms with E-state index in [0.29, 0.717) is 12.0 Å². The van der Waals surface area contributed by atoms with E-state index >= 15 is 0 Å². The molecule has 0 aromatic rings. The number of aliphatic hydroxyl groups is 1. The van der Waals surface area contributed by atoms with Gasteiger partial charge in [-0.05, 0) is 31.1 Å². The summed E-state index contributed by atoms with van der Waals surface area (Å²) in [4.78, 5) is 2.41. The molecule has 4 atom stereocenters. The van der Waals surface area contributed by atoms with Gasteiger partial charge in [0.05, 0.1) is 6.10 Å². The van der Waals surface area contributed by atoms with Gasteiger partial charge in [-0.25, -0.2) is 0 Å². The number of nitrogens with zero attached hydrogens (tertiary/aromatic N) is 1.